The highest BCUT2D eigenvalue weighted by Gasteiger charge is 2.35. The molecule has 0 aliphatic carbocycles. The van der Waals surface area contributed by atoms with E-state index in [0.717, 1.165) is 13.3 Å². The van der Waals surface area contributed by atoms with E-state index in [0.29, 0.717) is 11.1 Å². The Bertz CT molecular complexity index is 1630. The zero-order chi connectivity index (χ0) is 39.2. The summed E-state index contributed by atoms with van der Waals surface area (Å²) in [4.78, 5) is 63.7. The van der Waals surface area contributed by atoms with Gasteiger partial charge < -0.3 is 54.4 Å². The van der Waals surface area contributed by atoms with Gasteiger partial charge in [0.2, 0.25) is 6.79 Å². The molecule has 0 radical (unpaired) electrons. The summed E-state index contributed by atoms with van der Waals surface area (Å²) >= 11 is 0. The van der Waals surface area contributed by atoms with Crippen molar-refractivity contribution in [1.29, 1.82) is 0 Å². The van der Waals surface area contributed by atoms with Crippen molar-refractivity contribution in [3.63, 3.8) is 0 Å². The van der Waals surface area contributed by atoms with Crippen LogP contribution in [0.15, 0.2) is 36.4 Å². The molecule has 0 saturated carbocycles. The van der Waals surface area contributed by atoms with Gasteiger partial charge in [0, 0.05) is 26.2 Å². The van der Waals surface area contributed by atoms with E-state index >= 15 is 0 Å². The number of carbonyl (C=O) groups excluding carboxylic acids is 2. The summed E-state index contributed by atoms with van der Waals surface area (Å²) in [5, 5.41) is 56.2. The molecule has 0 aromatic heterocycles. The first-order chi connectivity index (χ1) is 23.4. The van der Waals surface area contributed by atoms with Crippen molar-refractivity contribution in [3.8, 4) is 23.0 Å². The summed E-state index contributed by atoms with van der Waals surface area (Å²) in [6.07, 6.45) is -2.44. The highest BCUT2D eigenvalue weighted by molar-refractivity contribution is 7.52. The second-order valence-electron chi connectivity index (χ2n) is 11.0. The fraction of sp³-hybridized carbons (Fsp3) is 0.429. The Balaban J connectivity index is 0.000000982. The average Bonchev–Trinajstić information content (AvgIpc) is 3.00. The number of hydrogen-bond acceptors (Lipinski definition) is 16. The van der Waals surface area contributed by atoms with Crippen molar-refractivity contribution >= 4 is 39.3 Å². The quantitative estimate of drug-likeness (QED) is 0.0357. The lowest BCUT2D eigenvalue weighted by Gasteiger charge is -2.26. The molecule has 0 fully saturated rings. The highest BCUT2D eigenvalue weighted by atomic mass is 31.2. The van der Waals surface area contributed by atoms with Gasteiger partial charge in [-0.05, 0) is 49.2 Å². The number of carboxylic acids is 2. The summed E-state index contributed by atoms with van der Waals surface area (Å²) in [6.45, 7) is 3.02. The van der Waals surface area contributed by atoms with Crippen molar-refractivity contribution in [3.05, 3.63) is 47.5 Å². The fourth-order valence-corrected chi connectivity index (χ4v) is 4.15. The number of hydrazine groups is 2. The first-order valence-electron chi connectivity index (χ1n) is 14.1. The van der Waals surface area contributed by atoms with Gasteiger partial charge in [-0.3, -0.25) is 34.1 Å². The van der Waals surface area contributed by atoms with Crippen molar-refractivity contribution in [2.75, 3.05) is 33.3 Å². The maximum atomic E-state index is 11.5. The third kappa shape index (κ3) is 18.0. The Morgan fingerprint density at radius 1 is 0.654 bits per heavy atom. The Kier molecular flexibility index (Phi) is 18.6. The number of phenolic OH excluding ortho intramolecular Hbond substituents is 4. The molecule has 2 amide bonds. The topological polar surface area (TPSA) is 349 Å². The monoisotopic (exact) mass is 786 g/mol. The van der Waals surface area contributed by atoms with Crippen LogP contribution in [0.1, 0.15) is 32.4 Å². The van der Waals surface area contributed by atoms with Crippen LogP contribution in [0.25, 0.3) is 0 Å². The van der Waals surface area contributed by atoms with Crippen LogP contribution < -0.4 is 21.7 Å². The molecule has 0 spiro atoms. The van der Waals surface area contributed by atoms with Gasteiger partial charge in [-0.2, -0.15) is 0 Å². The Labute approximate surface area is 297 Å². The number of rotatable bonds is 17. The summed E-state index contributed by atoms with van der Waals surface area (Å²) in [6, 6.07) is 7.62. The predicted molar refractivity (Wildman–Crippen MR) is 180 cm³/mol. The van der Waals surface area contributed by atoms with Crippen molar-refractivity contribution in [2.45, 2.75) is 45.2 Å². The molecule has 22 nitrogen and oxygen atoms in total. The smallest absolute Gasteiger partial charge is 0.423 e. The molecule has 12 N–H and O–H groups in total. The van der Waals surface area contributed by atoms with Crippen LogP contribution in [0.3, 0.4) is 0 Å². The average molecular weight is 787 g/mol. The SMILES string of the molecule is C.C[C@@](Cc1ccc(O)c(O)c1)(NNC(=O)OCCOP(C)(=O)O)C(=O)O.C[C@@](Cc1ccc(O)c(O)c1)(NNC(=O)OCOP(C)(=O)O)C(=O)O. The zero-order valence-corrected chi connectivity index (χ0v) is 29.3. The lowest BCUT2D eigenvalue weighted by molar-refractivity contribution is -0.145. The largest absolute Gasteiger partial charge is 0.504 e. The summed E-state index contributed by atoms with van der Waals surface area (Å²) < 4.78 is 39.7. The highest BCUT2D eigenvalue weighted by Crippen LogP contribution is 2.36. The first-order valence-corrected chi connectivity index (χ1v) is 18.2. The van der Waals surface area contributed by atoms with E-state index < -0.39 is 68.7 Å². The minimum Gasteiger partial charge on any atom is -0.504 e. The molecule has 4 atom stereocenters. The third-order valence-corrected chi connectivity index (χ3v) is 7.40. The van der Waals surface area contributed by atoms with E-state index in [1.807, 2.05) is 5.43 Å². The molecule has 0 aliphatic heterocycles. The minimum absolute atomic E-state index is 0. The molecule has 0 bridgehead atoms. The van der Waals surface area contributed by atoms with Gasteiger partial charge in [0.15, 0.2) is 23.0 Å². The molecule has 294 valence electrons. The standard InChI is InChI=1S/C14H21N2O9P.C13H19N2O9P.CH4/c1-14(12(19)20,8-9-3-4-10(17)11(18)7-9)16-15-13(21)24-5-6-25-26(2,22)23;1-13(11(18)19,6-8-3-4-9(16)10(17)5-8)15-14-12(20)23-7-24-25(2,21)22;/h3-4,7,16-18H,5-6,8H2,1-2H3,(H,15,21)(H,19,20)(H,22,23);3-5,15-17H,6-7H2,1-2H3,(H,14,20)(H,18,19)(H,21,22);1H4/t14-;13-;/m00./s1. The Morgan fingerprint density at radius 3 is 1.38 bits per heavy atom. The van der Waals surface area contributed by atoms with Crippen LogP contribution in [0.5, 0.6) is 23.0 Å². The maximum absolute atomic E-state index is 11.5. The molecule has 2 aromatic carbocycles. The zero-order valence-electron chi connectivity index (χ0n) is 27.6. The lowest BCUT2D eigenvalue weighted by atomic mass is 9.93. The molecule has 52 heavy (non-hydrogen) atoms. The molecule has 0 heterocycles. The van der Waals surface area contributed by atoms with Gasteiger partial charge in [-0.1, -0.05) is 19.6 Å². The number of nitrogens with one attached hydrogen (secondary N) is 4. The molecule has 0 aliphatic rings. The van der Waals surface area contributed by atoms with Gasteiger partial charge >= 0.3 is 39.3 Å². The number of carbonyl (C=O) groups is 4. The molecule has 0 saturated heterocycles. The van der Waals surface area contributed by atoms with Crippen LogP contribution in [0.4, 0.5) is 9.59 Å². The van der Waals surface area contributed by atoms with Gasteiger partial charge in [0.05, 0.1) is 6.61 Å². The van der Waals surface area contributed by atoms with E-state index in [1.54, 1.807) is 0 Å². The molecule has 2 unspecified atom stereocenters. The van der Waals surface area contributed by atoms with Gasteiger partial charge in [0.25, 0.3) is 0 Å². The van der Waals surface area contributed by atoms with Gasteiger partial charge in [-0.25, -0.2) is 20.4 Å². The van der Waals surface area contributed by atoms with Crippen LogP contribution in [-0.4, -0.2) is 109 Å². The number of benzene rings is 2. The summed E-state index contributed by atoms with van der Waals surface area (Å²) in [5.41, 5.74) is 6.07. The predicted octanol–water partition coefficient (Wildman–Crippen LogP) is 1.69. The third-order valence-electron chi connectivity index (χ3n) is 6.15. The Hall–Kier alpha value is -4.66. The molecular formula is C28H44N4O18P2. The fourth-order valence-electron chi connectivity index (χ4n) is 3.49. The van der Waals surface area contributed by atoms with E-state index in [1.165, 1.54) is 50.2 Å². The Morgan fingerprint density at radius 2 is 1.04 bits per heavy atom. The number of hydrogen-bond donors (Lipinski definition) is 12. The van der Waals surface area contributed by atoms with Gasteiger partial charge in [-0.15, -0.1) is 0 Å². The summed E-state index contributed by atoms with van der Waals surface area (Å²) in [5.74, 6) is -4.12. The van der Waals surface area contributed by atoms with Gasteiger partial charge in [0.1, 0.15) is 17.7 Å². The van der Waals surface area contributed by atoms with E-state index in [-0.39, 0.29) is 45.0 Å². The molecular weight excluding hydrogens is 742 g/mol. The van der Waals surface area contributed by atoms with E-state index in [9.17, 15) is 58.9 Å². The number of aliphatic carboxylic acids is 2. The number of phenols is 4. The van der Waals surface area contributed by atoms with Crippen LogP contribution in [0, 0.1) is 0 Å². The molecule has 24 heteroatoms. The van der Waals surface area contributed by atoms with Crippen LogP contribution >= 0.6 is 15.2 Å². The molecule has 2 rings (SSSR count). The number of amides is 2. The molecule has 2 aromatic rings. The number of aromatic hydroxyl groups is 4. The lowest BCUT2D eigenvalue weighted by Crippen LogP contribution is -2.58. The van der Waals surface area contributed by atoms with Crippen molar-refractivity contribution < 1.29 is 87.3 Å². The number of ether oxygens (including phenoxy) is 2. The van der Waals surface area contributed by atoms with Crippen molar-refractivity contribution in [2.24, 2.45) is 0 Å². The minimum atomic E-state index is -3.81. The van der Waals surface area contributed by atoms with E-state index in [2.05, 4.69) is 34.8 Å². The number of carboxylic acid groups (broad SMARTS) is 2. The first kappa shape index (κ1) is 47.3. The van der Waals surface area contributed by atoms with E-state index in [4.69, 9.17) is 9.79 Å². The second-order valence-corrected chi connectivity index (χ2v) is 14.8. The van der Waals surface area contributed by atoms with Crippen molar-refractivity contribution in [1.82, 2.24) is 21.7 Å². The second kappa shape index (κ2) is 20.4. The van der Waals surface area contributed by atoms with Crippen LogP contribution in [0.2, 0.25) is 0 Å². The normalized spacial score (nSPS) is 15.3. The van der Waals surface area contributed by atoms with Crippen LogP contribution in [-0.2, 0) is 50.1 Å². The summed E-state index contributed by atoms with van der Waals surface area (Å²) in [7, 11) is -7.48. The maximum Gasteiger partial charge on any atom is 0.423 e.